The normalized spacial score (nSPS) is 21.1. The molecule has 0 amide bonds. The Balaban J connectivity index is 2.23. The van der Waals surface area contributed by atoms with Crippen molar-refractivity contribution in [3.63, 3.8) is 0 Å². The van der Waals surface area contributed by atoms with E-state index in [2.05, 4.69) is 4.98 Å². The number of aromatic carboxylic acids is 1. The number of H-pyrrole nitrogens is 1. The predicted molar refractivity (Wildman–Crippen MR) is 81.1 cm³/mol. The van der Waals surface area contributed by atoms with E-state index in [0.717, 1.165) is 6.42 Å². The molecular weight excluding hydrogens is 313 g/mol. The van der Waals surface area contributed by atoms with Gasteiger partial charge in [-0.3, -0.25) is 0 Å². The van der Waals surface area contributed by atoms with Crippen LogP contribution in [0.15, 0.2) is 24.4 Å². The second-order valence-electron chi connectivity index (χ2n) is 5.18. The minimum absolute atomic E-state index is 0.159. The van der Waals surface area contributed by atoms with Crippen LogP contribution in [0.5, 0.6) is 0 Å². The number of benzene rings is 1. The number of hydrogen-bond donors (Lipinski definition) is 2. The zero-order valence-corrected chi connectivity index (χ0v) is 12.8. The molecule has 2 N–H and O–H groups in total. The Bertz CT molecular complexity index is 699. The minimum atomic E-state index is -1.03. The van der Waals surface area contributed by atoms with Crippen LogP contribution in [0.2, 0.25) is 10.0 Å². The van der Waals surface area contributed by atoms with E-state index in [4.69, 9.17) is 27.9 Å². The molecule has 3 rings (SSSR count). The molecule has 0 spiro atoms. The highest BCUT2D eigenvalue weighted by molar-refractivity contribution is 6.39. The maximum Gasteiger partial charge on any atom is 0.338 e. The molecule has 1 aromatic carbocycles. The first-order valence-corrected chi connectivity index (χ1v) is 7.23. The standard InChI is InChI=1S/C15H13Cl2NO3/c1-15(5-6-21-15)13-12(14(19)20)8(7-18-13)11-9(16)3-2-4-10(11)17/h2-4,7,18H,5-6H2,1H3,(H,19,20). The first kappa shape index (κ1) is 14.4. The van der Waals surface area contributed by atoms with E-state index >= 15 is 0 Å². The smallest absolute Gasteiger partial charge is 0.338 e. The topological polar surface area (TPSA) is 62.3 Å². The molecule has 1 fully saturated rings. The molecular formula is C15H13Cl2NO3. The summed E-state index contributed by atoms with van der Waals surface area (Å²) in [7, 11) is 0. The van der Waals surface area contributed by atoms with Crippen molar-refractivity contribution in [2.45, 2.75) is 18.9 Å². The maximum absolute atomic E-state index is 11.7. The van der Waals surface area contributed by atoms with Crippen molar-refractivity contribution in [3.8, 4) is 11.1 Å². The number of rotatable bonds is 3. The zero-order valence-electron chi connectivity index (χ0n) is 11.2. The Hall–Kier alpha value is -1.49. The first-order valence-electron chi connectivity index (χ1n) is 6.47. The SMILES string of the molecule is CC1(c2[nH]cc(-c3c(Cl)cccc3Cl)c2C(=O)O)CCO1. The van der Waals surface area contributed by atoms with Crippen LogP contribution in [0.4, 0.5) is 0 Å². The van der Waals surface area contributed by atoms with Crippen molar-refractivity contribution >= 4 is 29.2 Å². The number of nitrogens with one attached hydrogen (secondary N) is 1. The predicted octanol–water partition coefficient (Wildman–Crippen LogP) is 4.32. The number of halogens is 2. The van der Waals surface area contributed by atoms with Crippen molar-refractivity contribution in [2.75, 3.05) is 6.61 Å². The maximum atomic E-state index is 11.7. The van der Waals surface area contributed by atoms with Crippen molar-refractivity contribution in [1.82, 2.24) is 4.98 Å². The van der Waals surface area contributed by atoms with Crippen molar-refractivity contribution in [2.24, 2.45) is 0 Å². The Morgan fingerprint density at radius 3 is 2.48 bits per heavy atom. The van der Waals surface area contributed by atoms with E-state index in [-0.39, 0.29) is 5.56 Å². The molecule has 6 heteroatoms. The van der Waals surface area contributed by atoms with E-state index in [9.17, 15) is 9.90 Å². The summed E-state index contributed by atoms with van der Waals surface area (Å²) in [6, 6.07) is 5.09. The lowest BCUT2D eigenvalue weighted by Crippen LogP contribution is -2.39. The number of ether oxygens (including phenoxy) is 1. The van der Waals surface area contributed by atoms with E-state index in [0.29, 0.717) is 33.5 Å². The van der Waals surface area contributed by atoms with Gasteiger partial charge >= 0.3 is 5.97 Å². The van der Waals surface area contributed by atoms with Crippen LogP contribution in [0.3, 0.4) is 0 Å². The van der Waals surface area contributed by atoms with Gasteiger partial charge < -0.3 is 14.8 Å². The van der Waals surface area contributed by atoms with Crippen molar-refractivity contribution in [3.05, 3.63) is 45.7 Å². The fourth-order valence-electron chi connectivity index (χ4n) is 2.62. The lowest BCUT2D eigenvalue weighted by molar-refractivity contribution is -0.143. The van der Waals surface area contributed by atoms with Crippen LogP contribution in [-0.4, -0.2) is 22.7 Å². The third kappa shape index (κ3) is 2.24. The Morgan fingerprint density at radius 1 is 1.38 bits per heavy atom. The van der Waals surface area contributed by atoms with E-state index in [1.54, 1.807) is 24.4 Å². The molecule has 0 bridgehead atoms. The summed E-state index contributed by atoms with van der Waals surface area (Å²) < 4.78 is 5.54. The van der Waals surface area contributed by atoms with E-state index in [1.807, 2.05) is 6.92 Å². The molecule has 0 radical (unpaired) electrons. The highest BCUT2D eigenvalue weighted by Crippen LogP contribution is 2.43. The molecule has 2 aromatic rings. The Morgan fingerprint density at radius 2 is 2.00 bits per heavy atom. The van der Waals surface area contributed by atoms with Gasteiger partial charge in [0.25, 0.3) is 0 Å². The third-order valence-corrected chi connectivity index (χ3v) is 4.48. The fraction of sp³-hybridized carbons (Fsp3) is 0.267. The molecule has 4 nitrogen and oxygen atoms in total. The zero-order chi connectivity index (χ0) is 15.2. The second kappa shape index (κ2) is 5.05. The largest absolute Gasteiger partial charge is 0.478 e. The van der Waals surface area contributed by atoms with Gasteiger partial charge in [0.05, 0.1) is 17.9 Å². The van der Waals surface area contributed by atoms with Crippen LogP contribution in [0.25, 0.3) is 11.1 Å². The van der Waals surface area contributed by atoms with Crippen LogP contribution in [0, 0.1) is 0 Å². The first-order chi connectivity index (χ1) is 9.94. The highest BCUT2D eigenvalue weighted by Gasteiger charge is 2.40. The molecule has 1 saturated heterocycles. The monoisotopic (exact) mass is 325 g/mol. The number of carbonyl (C=O) groups is 1. The lowest BCUT2D eigenvalue weighted by Gasteiger charge is -2.38. The number of carboxylic acid groups (broad SMARTS) is 1. The molecule has 1 unspecified atom stereocenters. The van der Waals surface area contributed by atoms with E-state index < -0.39 is 11.6 Å². The van der Waals surface area contributed by atoms with E-state index in [1.165, 1.54) is 0 Å². The third-order valence-electron chi connectivity index (χ3n) is 3.85. The highest BCUT2D eigenvalue weighted by atomic mass is 35.5. The van der Waals surface area contributed by atoms with Gasteiger partial charge in [0.2, 0.25) is 0 Å². The molecule has 1 atom stereocenters. The van der Waals surface area contributed by atoms with Crippen molar-refractivity contribution in [1.29, 1.82) is 0 Å². The van der Waals surface area contributed by atoms with Crippen LogP contribution in [-0.2, 0) is 10.3 Å². The molecule has 110 valence electrons. The van der Waals surface area contributed by atoms with Gasteiger partial charge in [-0.1, -0.05) is 29.3 Å². The van der Waals surface area contributed by atoms with Gasteiger partial charge in [-0.2, -0.15) is 0 Å². The van der Waals surface area contributed by atoms with Gasteiger partial charge in [-0.05, 0) is 19.1 Å². The van der Waals surface area contributed by atoms with Gasteiger partial charge in [-0.25, -0.2) is 4.79 Å². The molecule has 0 aliphatic carbocycles. The fourth-order valence-corrected chi connectivity index (χ4v) is 3.22. The summed E-state index contributed by atoms with van der Waals surface area (Å²) >= 11 is 12.4. The van der Waals surface area contributed by atoms with Gasteiger partial charge in [0.15, 0.2) is 0 Å². The molecule has 21 heavy (non-hydrogen) atoms. The summed E-state index contributed by atoms with van der Waals surface area (Å²) in [5.41, 5.74) is 1.10. The quantitative estimate of drug-likeness (QED) is 0.883. The second-order valence-corrected chi connectivity index (χ2v) is 6.00. The van der Waals surface area contributed by atoms with Crippen LogP contribution in [0.1, 0.15) is 29.4 Å². The Labute approximate surface area is 131 Å². The average molecular weight is 326 g/mol. The molecule has 0 saturated carbocycles. The van der Waals surface area contributed by atoms with Crippen LogP contribution >= 0.6 is 23.2 Å². The number of hydrogen-bond acceptors (Lipinski definition) is 2. The van der Waals surface area contributed by atoms with Gasteiger partial charge in [-0.15, -0.1) is 0 Å². The minimum Gasteiger partial charge on any atom is -0.478 e. The van der Waals surface area contributed by atoms with Gasteiger partial charge in [0, 0.05) is 33.8 Å². The average Bonchev–Trinajstić information content (AvgIpc) is 2.80. The summed E-state index contributed by atoms with van der Waals surface area (Å²) in [5.74, 6) is -1.03. The Kier molecular flexibility index (Phi) is 3.48. The number of carboxylic acids is 1. The summed E-state index contributed by atoms with van der Waals surface area (Å²) in [5, 5.41) is 10.4. The lowest BCUT2D eigenvalue weighted by atomic mass is 9.89. The number of aromatic amines is 1. The summed E-state index contributed by atoms with van der Waals surface area (Å²) in [6.07, 6.45) is 2.39. The molecule has 1 aliphatic rings. The summed E-state index contributed by atoms with van der Waals surface area (Å²) in [6.45, 7) is 2.49. The molecule has 1 aliphatic heterocycles. The number of aromatic nitrogens is 1. The van der Waals surface area contributed by atoms with Crippen LogP contribution < -0.4 is 0 Å². The van der Waals surface area contributed by atoms with Crippen molar-refractivity contribution < 1.29 is 14.6 Å². The molecule has 2 heterocycles. The van der Waals surface area contributed by atoms with Gasteiger partial charge in [0.1, 0.15) is 5.60 Å². The summed E-state index contributed by atoms with van der Waals surface area (Å²) in [4.78, 5) is 14.8. The molecule has 1 aromatic heterocycles.